The second-order valence-corrected chi connectivity index (χ2v) is 8.98. The van der Waals surface area contributed by atoms with Crippen LogP contribution in [0.1, 0.15) is 55.1 Å². The van der Waals surface area contributed by atoms with Gasteiger partial charge in [0.25, 0.3) is 5.91 Å². The number of fused-ring (bicyclic) bond motifs is 1. The lowest BCUT2D eigenvalue weighted by atomic mass is 9.92. The summed E-state index contributed by atoms with van der Waals surface area (Å²) in [5.41, 5.74) is 3.15. The van der Waals surface area contributed by atoms with Crippen molar-refractivity contribution in [3.63, 3.8) is 0 Å². The van der Waals surface area contributed by atoms with Crippen LogP contribution in [0.4, 0.5) is 5.69 Å². The number of ether oxygens (including phenoxy) is 1. The Labute approximate surface area is 201 Å². The lowest BCUT2D eigenvalue weighted by molar-refractivity contribution is -0.140. The van der Waals surface area contributed by atoms with Crippen LogP contribution in [0.15, 0.2) is 48.5 Å². The van der Waals surface area contributed by atoms with Crippen molar-refractivity contribution in [2.24, 2.45) is 5.92 Å². The van der Waals surface area contributed by atoms with Gasteiger partial charge >= 0.3 is 0 Å². The van der Waals surface area contributed by atoms with Crippen molar-refractivity contribution in [2.45, 2.75) is 52.6 Å². The van der Waals surface area contributed by atoms with E-state index in [0.717, 1.165) is 17.5 Å². The van der Waals surface area contributed by atoms with Crippen molar-refractivity contribution < 1.29 is 19.1 Å². The number of hydrogen-bond acceptors (Lipinski definition) is 4. The van der Waals surface area contributed by atoms with Gasteiger partial charge in [-0.3, -0.25) is 14.4 Å². The predicted octanol–water partition coefficient (Wildman–Crippen LogP) is 3.78. The van der Waals surface area contributed by atoms with Crippen LogP contribution in [-0.4, -0.2) is 48.4 Å². The number of amides is 3. The largest absolute Gasteiger partial charge is 0.382 e. The fraction of sp³-hybridized carbons (Fsp3) is 0.444. The van der Waals surface area contributed by atoms with Crippen molar-refractivity contribution in [2.75, 3.05) is 25.1 Å². The quantitative estimate of drug-likeness (QED) is 0.523. The van der Waals surface area contributed by atoms with Gasteiger partial charge in [-0.2, -0.15) is 0 Å². The molecule has 2 aromatic rings. The van der Waals surface area contributed by atoms with Crippen LogP contribution in [0, 0.1) is 5.92 Å². The normalized spacial score (nSPS) is 15.1. The highest BCUT2D eigenvalue weighted by atomic mass is 16.5. The van der Waals surface area contributed by atoms with E-state index in [1.807, 2.05) is 45.0 Å². The van der Waals surface area contributed by atoms with Gasteiger partial charge in [0, 0.05) is 50.4 Å². The van der Waals surface area contributed by atoms with Gasteiger partial charge in [-0.15, -0.1) is 0 Å². The monoisotopic (exact) mass is 465 g/mol. The minimum atomic E-state index is -0.600. The Balaban J connectivity index is 1.69. The average Bonchev–Trinajstić information content (AvgIpc) is 2.82. The van der Waals surface area contributed by atoms with E-state index in [4.69, 9.17) is 4.74 Å². The van der Waals surface area contributed by atoms with E-state index in [1.54, 1.807) is 29.2 Å². The minimum Gasteiger partial charge on any atom is -0.382 e. The van der Waals surface area contributed by atoms with Gasteiger partial charge in [0.2, 0.25) is 11.8 Å². The molecule has 2 N–H and O–H groups in total. The summed E-state index contributed by atoms with van der Waals surface area (Å²) in [6.07, 6.45) is 1.59. The van der Waals surface area contributed by atoms with Gasteiger partial charge in [-0.1, -0.05) is 44.2 Å². The first-order chi connectivity index (χ1) is 16.4. The molecule has 2 aromatic carbocycles. The number of benzene rings is 2. The number of rotatable bonds is 10. The van der Waals surface area contributed by atoms with E-state index in [0.29, 0.717) is 50.4 Å². The molecule has 1 aliphatic rings. The topological polar surface area (TPSA) is 87.7 Å². The van der Waals surface area contributed by atoms with Gasteiger partial charge in [-0.25, -0.2) is 0 Å². The standard InChI is InChI=1S/C27H35N3O4/c1-4-34-14-8-13-28-26(32)21-11-7-12-23(16-21)29-27(33)24-17-20-9-5-6-10-22(20)18-30(24)25(31)15-19(2)3/h5-7,9-12,16,19,24H,4,8,13-15,17-18H2,1-3H3,(H,28,32)(H,29,33). The van der Waals surface area contributed by atoms with E-state index in [-0.39, 0.29) is 23.6 Å². The van der Waals surface area contributed by atoms with Crippen LogP contribution in [0.3, 0.4) is 0 Å². The Morgan fingerprint density at radius 3 is 2.59 bits per heavy atom. The fourth-order valence-electron chi connectivity index (χ4n) is 4.07. The van der Waals surface area contributed by atoms with Crippen LogP contribution < -0.4 is 10.6 Å². The van der Waals surface area contributed by atoms with Crippen molar-refractivity contribution in [3.05, 3.63) is 65.2 Å². The molecule has 0 spiro atoms. The maximum Gasteiger partial charge on any atom is 0.251 e. The number of carbonyl (C=O) groups is 3. The van der Waals surface area contributed by atoms with E-state index < -0.39 is 6.04 Å². The van der Waals surface area contributed by atoms with Gasteiger partial charge in [0.05, 0.1) is 0 Å². The van der Waals surface area contributed by atoms with Crippen LogP contribution in [-0.2, 0) is 27.3 Å². The Bertz CT molecular complexity index is 1000. The Morgan fingerprint density at radius 2 is 1.85 bits per heavy atom. The SMILES string of the molecule is CCOCCCNC(=O)c1cccc(NC(=O)C2Cc3ccccc3CN2C(=O)CC(C)C)c1. The number of anilines is 1. The smallest absolute Gasteiger partial charge is 0.251 e. The molecule has 182 valence electrons. The second kappa shape index (κ2) is 12.3. The zero-order valence-corrected chi connectivity index (χ0v) is 20.3. The minimum absolute atomic E-state index is 0.0233. The van der Waals surface area contributed by atoms with Crippen LogP contribution in [0.25, 0.3) is 0 Å². The summed E-state index contributed by atoms with van der Waals surface area (Å²) in [7, 11) is 0. The summed E-state index contributed by atoms with van der Waals surface area (Å²) in [5, 5.41) is 5.80. The molecule has 3 amide bonds. The van der Waals surface area contributed by atoms with Gasteiger partial charge in [-0.05, 0) is 48.6 Å². The maximum absolute atomic E-state index is 13.3. The van der Waals surface area contributed by atoms with Crippen LogP contribution in [0.5, 0.6) is 0 Å². The molecule has 0 bridgehead atoms. The lowest BCUT2D eigenvalue weighted by Gasteiger charge is -2.36. The van der Waals surface area contributed by atoms with Crippen molar-refractivity contribution in [1.29, 1.82) is 0 Å². The first kappa shape index (κ1) is 25.4. The molecule has 0 radical (unpaired) electrons. The Kier molecular flexibility index (Phi) is 9.22. The third kappa shape index (κ3) is 6.90. The molecule has 7 nitrogen and oxygen atoms in total. The molecule has 7 heteroatoms. The van der Waals surface area contributed by atoms with Crippen LogP contribution >= 0.6 is 0 Å². The third-order valence-electron chi connectivity index (χ3n) is 5.80. The van der Waals surface area contributed by atoms with Crippen molar-refractivity contribution in [3.8, 4) is 0 Å². The highest BCUT2D eigenvalue weighted by Crippen LogP contribution is 2.26. The summed E-state index contributed by atoms with van der Waals surface area (Å²) < 4.78 is 5.28. The molecule has 0 saturated carbocycles. The molecule has 0 fully saturated rings. The van der Waals surface area contributed by atoms with Gasteiger partial charge < -0.3 is 20.3 Å². The second-order valence-electron chi connectivity index (χ2n) is 8.98. The molecule has 0 aromatic heterocycles. The van der Waals surface area contributed by atoms with E-state index >= 15 is 0 Å². The highest BCUT2D eigenvalue weighted by Gasteiger charge is 2.34. The summed E-state index contributed by atoms with van der Waals surface area (Å²) in [4.78, 5) is 40.5. The fourth-order valence-corrected chi connectivity index (χ4v) is 4.07. The molecule has 34 heavy (non-hydrogen) atoms. The number of carbonyl (C=O) groups excluding carboxylic acids is 3. The summed E-state index contributed by atoms with van der Waals surface area (Å²) in [6.45, 7) is 8.13. The maximum atomic E-state index is 13.3. The third-order valence-corrected chi connectivity index (χ3v) is 5.80. The van der Waals surface area contributed by atoms with E-state index in [2.05, 4.69) is 10.6 Å². The molecule has 1 unspecified atom stereocenters. The molecule has 0 saturated heterocycles. The number of hydrogen-bond donors (Lipinski definition) is 2. The van der Waals surface area contributed by atoms with Crippen molar-refractivity contribution >= 4 is 23.4 Å². The highest BCUT2D eigenvalue weighted by molar-refractivity contribution is 6.00. The molecule has 3 rings (SSSR count). The molecular formula is C27H35N3O4. The van der Waals surface area contributed by atoms with Crippen LogP contribution in [0.2, 0.25) is 0 Å². The predicted molar refractivity (Wildman–Crippen MR) is 132 cm³/mol. The lowest BCUT2D eigenvalue weighted by Crippen LogP contribution is -2.50. The average molecular weight is 466 g/mol. The summed E-state index contributed by atoms with van der Waals surface area (Å²) in [6, 6.07) is 14.2. The van der Waals surface area contributed by atoms with E-state index in [1.165, 1.54) is 0 Å². The summed E-state index contributed by atoms with van der Waals surface area (Å²) >= 11 is 0. The first-order valence-corrected chi connectivity index (χ1v) is 12.0. The number of nitrogens with one attached hydrogen (secondary N) is 2. The zero-order chi connectivity index (χ0) is 24.5. The van der Waals surface area contributed by atoms with E-state index in [9.17, 15) is 14.4 Å². The van der Waals surface area contributed by atoms with Crippen molar-refractivity contribution in [1.82, 2.24) is 10.2 Å². The molecule has 1 atom stereocenters. The molecule has 1 aliphatic heterocycles. The molecule has 1 heterocycles. The number of nitrogens with zero attached hydrogens (tertiary/aromatic N) is 1. The Hall–Kier alpha value is -3.19. The van der Waals surface area contributed by atoms with Gasteiger partial charge in [0.1, 0.15) is 6.04 Å². The summed E-state index contributed by atoms with van der Waals surface area (Å²) in [5.74, 6) is -0.268. The Morgan fingerprint density at radius 1 is 1.09 bits per heavy atom. The molecule has 0 aliphatic carbocycles. The molecular weight excluding hydrogens is 430 g/mol. The van der Waals surface area contributed by atoms with Gasteiger partial charge in [0.15, 0.2) is 0 Å². The zero-order valence-electron chi connectivity index (χ0n) is 20.3. The first-order valence-electron chi connectivity index (χ1n) is 12.0.